The van der Waals surface area contributed by atoms with Gasteiger partial charge in [-0.2, -0.15) is 5.10 Å². The number of carbonyl (C=O) groups is 2. The van der Waals surface area contributed by atoms with Gasteiger partial charge in [0.05, 0.1) is 12.8 Å². The van der Waals surface area contributed by atoms with E-state index in [0.717, 1.165) is 6.42 Å². The van der Waals surface area contributed by atoms with E-state index in [4.69, 9.17) is 25.8 Å². The van der Waals surface area contributed by atoms with Crippen LogP contribution >= 0.6 is 11.6 Å². The second-order valence-corrected chi connectivity index (χ2v) is 7.96. The Labute approximate surface area is 191 Å². The number of fused-ring (bicyclic) bond motifs is 1. The summed E-state index contributed by atoms with van der Waals surface area (Å²) in [6, 6.07) is 9.25. The summed E-state index contributed by atoms with van der Waals surface area (Å²) in [5.41, 5.74) is 3.49. The van der Waals surface area contributed by atoms with E-state index in [0.29, 0.717) is 40.0 Å². The van der Waals surface area contributed by atoms with Crippen LogP contribution in [0, 0.1) is 5.92 Å². The lowest BCUT2D eigenvalue weighted by Gasteiger charge is -2.20. The Balaban J connectivity index is 1.65. The van der Waals surface area contributed by atoms with Crippen molar-refractivity contribution in [2.75, 3.05) is 13.4 Å². The summed E-state index contributed by atoms with van der Waals surface area (Å²) < 4.78 is 16.2. The number of amides is 2. The lowest BCUT2D eigenvalue weighted by molar-refractivity contribution is -0.123. The maximum atomic E-state index is 12.7. The Bertz CT molecular complexity index is 1010. The van der Waals surface area contributed by atoms with Gasteiger partial charge < -0.3 is 19.5 Å². The van der Waals surface area contributed by atoms with Gasteiger partial charge in [-0.15, -0.1) is 0 Å². The van der Waals surface area contributed by atoms with Gasteiger partial charge in [0.2, 0.25) is 6.79 Å². The molecule has 170 valence electrons. The van der Waals surface area contributed by atoms with Gasteiger partial charge in [0.25, 0.3) is 11.8 Å². The van der Waals surface area contributed by atoms with Crippen LogP contribution in [0.3, 0.4) is 0 Å². The van der Waals surface area contributed by atoms with E-state index in [2.05, 4.69) is 15.8 Å². The van der Waals surface area contributed by atoms with Crippen LogP contribution in [0.1, 0.15) is 43.1 Å². The summed E-state index contributed by atoms with van der Waals surface area (Å²) in [6.07, 6.45) is 2.32. The molecule has 1 heterocycles. The minimum absolute atomic E-state index is 0.118. The van der Waals surface area contributed by atoms with E-state index >= 15 is 0 Å². The zero-order valence-corrected chi connectivity index (χ0v) is 18.9. The summed E-state index contributed by atoms with van der Waals surface area (Å²) in [7, 11) is 0. The van der Waals surface area contributed by atoms with Crippen molar-refractivity contribution in [3.05, 3.63) is 52.5 Å². The first-order valence-corrected chi connectivity index (χ1v) is 10.7. The summed E-state index contributed by atoms with van der Waals surface area (Å²) in [5, 5.41) is 7.31. The summed E-state index contributed by atoms with van der Waals surface area (Å²) in [6.45, 7) is 6.35. The Morgan fingerprint density at radius 1 is 1.19 bits per heavy atom. The second-order valence-electron chi connectivity index (χ2n) is 7.53. The fourth-order valence-corrected chi connectivity index (χ4v) is 3.18. The van der Waals surface area contributed by atoms with Gasteiger partial charge in [-0.3, -0.25) is 9.59 Å². The van der Waals surface area contributed by atoms with Crippen LogP contribution in [0.2, 0.25) is 5.02 Å². The van der Waals surface area contributed by atoms with Crippen molar-refractivity contribution in [2.24, 2.45) is 11.0 Å². The minimum atomic E-state index is -0.791. The zero-order valence-electron chi connectivity index (χ0n) is 18.2. The van der Waals surface area contributed by atoms with E-state index < -0.39 is 17.9 Å². The van der Waals surface area contributed by atoms with Gasteiger partial charge in [0.15, 0.2) is 11.5 Å². The number of hydrazone groups is 1. The van der Waals surface area contributed by atoms with E-state index in [-0.39, 0.29) is 12.7 Å². The van der Waals surface area contributed by atoms with Gasteiger partial charge in [-0.05, 0) is 48.7 Å². The second kappa shape index (κ2) is 10.9. The van der Waals surface area contributed by atoms with Crippen LogP contribution in [0.15, 0.2) is 41.5 Å². The largest absolute Gasteiger partial charge is 0.493 e. The van der Waals surface area contributed by atoms with Crippen molar-refractivity contribution in [1.82, 2.24) is 10.7 Å². The van der Waals surface area contributed by atoms with E-state index in [1.807, 2.05) is 20.8 Å². The van der Waals surface area contributed by atoms with Crippen LogP contribution in [0.25, 0.3) is 0 Å². The maximum Gasteiger partial charge on any atom is 0.262 e. The molecule has 32 heavy (non-hydrogen) atoms. The fourth-order valence-electron chi connectivity index (χ4n) is 3.00. The molecule has 0 saturated carbocycles. The summed E-state index contributed by atoms with van der Waals surface area (Å²) in [5.74, 6) is 0.686. The van der Waals surface area contributed by atoms with Crippen LogP contribution in [0.4, 0.5) is 0 Å². The molecule has 0 aromatic heterocycles. The number of halogens is 1. The smallest absolute Gasteiger partial charge is 0.262 e. The van der Waals surface area contributed by atoms with Crippen molar-refractivity contribution in [3.63, 3.8) is 0 Å². The molecule has 1 aliphatic heterocycles. The topological polar surface area (TPSA) is 98.2 Å². The predicted molar refractivity (Wildman–Crippen MR) is 122 cm³/mol. The molecule has 0 fully saturated rings. The molecule has 1 unspecified atom stereocenters. The number of benzene rings is 2. The van der Waals surface area contributed by atoms with Gasteiger partial charge in [-0.25, -0.2) is 5.43 Å². The number of ether oxygens (including phenoxy) is 3. The minimum Gasteiger partial charge on any atom is -0.493 e. The number of nitrogens with one attached hydrogen (secondary N) is 2. The normalized spacial score (nSPS) is 13.3. The lowest BCUT2D eigenvalue weighted by atomic mass is 10.0. The first-order chi connectivity index (χ1) is 15.4. The zero-order chi connectivity index (χ0) is 23.1. The van der Waals surface area contributed by atoms with E-state index in [1.165, 1.54) is 6.21 Å². The molecule has 0 bridgehead atoms. The molecule has 2 aromatic carbocycles. The molecular weight excluding hydrogens is 434 g/mol. The Morgan fingerprint density at radius 3 is 2.72 bits per heavy atom. The van der Waals surface area contributed by atoms with Crippen LogP contribution < -0.4 is 25.0 Å². The van der Waals surface area contributed by atoms with Crippen molar-refractivity contribution < 1.29 is 23.8 Å². The molecule has 0 radical (unpaired) electrons. The highest BCUT2D eigenvalue weighted by Gasteiger charge is 2.25. The van der Waals surface area contributed by atoms with Crippen LogP contribution in [0.5, 0.6) is 17.2 Å². The quantitative estimate of drug-likeness (QED) is 0.439. The van der Waals surface area contributed by atoms with Crippen molar-refractivity contribution >= 4 is 29.6 Å². The molecular formula is C23H26ClN3O5. The number of rotatable bonds is 9. The van der Waals surface area contributed by atoms with Gasteiger partial charge >= 0.3 is 0 Å². The molecule has 2 amide bonds. The molecule has 2 N–H and O–H groups in total. The highest BCUT2D eigenvalue weighted by molar-refractivity contribution is 6.30. The first kappa shape index (κ1) is 23.4. The predicted octanol–water partition coefficient (Wildman–Crippen LogP) is 3.76. The van der Waals surface area contributed by atoms with Crippen molar-refractivity contribution in [2.45, 2.75) is 33.2 Å². The van der Waals surface area contributed by atoms with Crippen LogP contribution in [-0.4, -0.2) is 37.5 Å². The fraction of sp³-hybridized carbons (Fsp3) is 0.348. The average molecular weight is 460 g/mol. The Kier molecular flexibility index (Phi) is 7.94. The monoisotopic (exact) mass is 459 g/mol. The maximum absolute atomic E-state index is 12.7. The molecule has 1 atom stereocenters. The molecule has 0 saturated heterocycles. The molecule has 2 aromatic rings. The van der Waals surface area contributed by atoms with E-state index in [9.17, 15) is 9.59 Å². The number of hydrogen-bond donors (Lipinski definition) is 2. The third-order valence-corrected chi connectivity index (χ3v) is 4.92. The molecule has 0 aliphatic carbocycles. The van der Waals surface area contributed by atoms with Gasteiger partial charge in [0.1, 0.15) is 11.8 Å². The lowest BCUT2D eigenvalue weighted by Crippen LogP contribution is -2.48. The Hall–Kier alpha value is -3.26. The van der Waals surface area contributed by atoms with Crippen molar-refractivity contribution in [1.29, 1.82) is 0 Å². The Morgan fingerprint density at radius 2 is 1.97 bits per heavy atom. The SMILES string of the molecule is CCCOc1ccc(Cl)cc1/C=N/NC(=O)C(NC(=O)c1ccc2c(c1)OCO2)C(C)C. The van der Waals surface area contributed by atoms with Gasteiger partial charge in [0, 0.05) is 16.1 Å². The third kappa shape index (κ3) is 5.91. The average Bonchev–Trinajstić information content (AvgIpc) is 3.24. The van der Waals surface area contributed by atoms with Crippen molar-refractivity contribution in [3.8, 4) is 17.2 Å². The molecule has 8 nitrogen and oxygen atoms in total. The number of nitrogens with zero attached hydrogens (tertiary/aromatic N) is 1. The summed E-state index contributed by atoms with van der Waals surface area (Å²) >= 11 is 6.07. The number of carbonyl (C=O) groups excluding carboxylic acids is 2. The molecule has 1 aliphatic rings. The first-order valence-electron chi connectivity index (χ1n) is 10.3. The number of hydrogen-bond acceptors (Lipinski definition) is 6. The highest BCUT2D eigenvalue weighted by atomic mass is 35.5. The standard InChI is InChI=1S/C23H26ClN3O5/c1-4-9-30-18-8-6-17(24)10-16(18)12-25-27-23(29)21(14(2)3)26-22(28)15-5-7-19-20(11-15)32-13-31-19/h5-8,10-12,14,21H,4,9,13H2,1-3H3,(H,26,28)(H,27,29)/b25-12+. The van der Waals surface area contributed by atoms with Gasteiger partial charge in [-0.1, -0.05) is 32.4 Å². The molecule has 3 rings (SSSR count). The third-order valence-electron chi connectivity index (χ3n) is 4.68. The highest BCUT2D eigenvalue weighted by Crippen LogP contribution is 2.32. The molecule has 9 heteroatoms. The van der Waals surface area contributed by atoms with E-state index in [1.54, 1.807) is 36.4 Å². The molecule has 0 spiro atoms. The summed E-state index contributed by atoms with van der Waals surface area (Å²) in [4.78, 5) is 25.4. The van der Waals surface area contributed by atoms with Crippen LogP contribution in [-0.2, 0) is 4.79 Å².